The third kappa shape index (κ3) is 2.38. The first kappa shape index (κ1) is 12.6. The SMILES string of the molecule is O=Cc1ccc(Cl)cc1-n1ccc(C(F)(F)F)n1. The summed E-state index contributed by atoms with van der Waals surface area (Å²) >= 11 is 5.74. The number of alkyl halides is 3. The number of hydrogen-bond acceptors (Lipinski definition) is 2. The molecule has 0 saturated carbocycles. The topological polar surface area (TPSA) is 34.9 Å². The molecule has 0 unspecified atom stereocenters. The van der Waals surface area contributed by atoms with Gasteiger partial charge in [0.25, 0.3) is 0 Å². The van der Waals surface area contributed by atoms with Crippen LogP contribution < -0.4 is 0 Å². The number of benzene rings is 1. The van der Waals surface area contributed by atoms with Crippen LogP contribution in [0.15, 0.2) is 30.5 Å². The van der Waals surface area contributed by atoms with Crippen molar-refractivity contribution in [3.63, 3.8) is 0 Å². The van der Waals surface area contributed by atoms with E-state index in [2.05, 4.69) is 5.10 Å². The molecular weight excluding hydrogens is 269 g/mol. The first-order chi connectivity index (χ1) is 8.41. The van der Waals surface area contributed by atoms with Gasteiger partial charge in [-0.05, 0) is 24.3 Å². The molecule has 0 atom stereocenters. The van der Waals surface area contributed by atoms with E-state index in [0.717, 1.165) is 16.9 Å². The number of nitrogens with zero attached hydrogens (tertiary/aromatic N) is 2. The van der Waals surface area contributed by atoms with Gasteiger partial charge in [0.05, 0.1) is 5.69 Å². The second kappa shape index (κ2) is 4.45. The molecule has 0 N–H and O–H groups in total. The quantitative estimate of drug-likeness (QED) is 0.787. The Morgan fingerprint density at radius 1 is 1.28 bits per heavy atom. The van der Waals surface area contributed by atoms with Crippen LogP contribution in [0.2, 0.25) is 5.02 Å². The van der Waals surface area contributed by atoms with E-state index >= 15 is 0 Å². The minimum absolute atomic E-state index is 0.202. The number of aldehydes is 1. The fourth-order valence-corrected chi connectivity index (χ4v) is 1.59. The summed E-state index contributed by atoms with van der Waals surface area (Å²) in [6, 6.07) is 5.09. The molecule has 0 radical (unpaired) electrons. The lowest BCUT2D eigenvalue weighted by atomic mass is 10.2. The summed E-state index contributed by atoms with van der Waals surface area (Å²) in [5.41, 5.74) is -0.622. The number of carbonyl (C=O) groups excluding carboxylic acids is 1. The molecule has 0 aliphatic heterocycles. The normalized spacial score (nSPS) is 11.6. The summed E-state index contributed by atoms with van der Waals surface area (Å²) in [7, 11) is 0. The molecule has 0 amide bonds. The van der Waals surface area contributed by atoms with Crippen LogP contribution in [-0.4, -0.2) is 16.1 Å². The number of rotatable bonds is 2. The molecule has 0 aliphatic carbocycles. The summed E-state index contributed by atoms with van der Waals surface area (Å²) in [4.78, 5) is 10.8. The van der Waals surface area contributed by atoms with Crippen LogP contribution in [0.1, 0.15) is 16.1 Å². The van der Waals surface area contributed by atoms with Crippen molar-refractivity contribution >= 4 is 17.9 Å². The molecule has 0 aliphatic rings. The van der Waals surface area contributed by atoms with Crippen molar-refractivity contribution in [2.24, 2.45) is 0 Å². The average Bonchev–Trinajstić information content (AvgIpc) is 2.77. The lowest BCUT2D eigenvalue weighted by molar-refractivity contribution is -0.141. The Bertz CT molecular complexity index is 592. The van der Waals surface area contributed by atoms with Crippen LogP contribution in [0, 0.1) is 0 Å². The van der Waals surface area contributed by atoms with Crippen LogP contribution in [-0.2, 0) is 6.18 Å². The molecule has 0 fully saturated rings. The summed E-state index contributed by atoms with van der Waals surface area (Å²) in [5, 5.41) is 3.68. The zero-order valence-electron chi connectivity index (χ0n) is 8.78. The Hall–Kier alpha value is -1.82. The Labute approximate surface area is 105 Å². The summed E-state index contributed by atoms with van der Waals surface area (Å²) in [6.07, 6.45) is -2.87. The fraction of sp³-hybridized carbons (Fsp3) is 0.0909. The minimum atomic E-state index is -4.52. The fourth-order valence-electron chi connectivity index (χ4n) is 1.42. The number of carbonyl (C=O) groups is 1. The lowest BCUT2D eigenvalue weighted by Gasteiger charge is -2.06. The van der Waals surface area contributed by atoms with Gasteiger partial charge in [0.15, 0.2) is 12.0 Å². The third-order valence-corrected chi connectivity index (χ3v) is 2.48. The van der Waals surface area contributed by atoms with E-state index in [9.17, 15) is 18.0 Å². The molecule has 0 spiro atoms. The summed E-state index contributed by atoms with van der Waals surface area (Å²) in [5.74, 6) is 0. The molecule has 2 aromatic rings. The van der Waals surface area contributed by atoms with Gasteiger partial charge in [-0.2, -0.15) is 18.3 Å². The maximum atomic E-state index is 12.4. The molecule has 3 nitrogen and oxygen atoms in total. The molecule has 18 heavy (non-hydrogen) atoms. The number of aromatic nitrogens is 2. The zero-order chi connectivity index (χ0) is 13.3. The van der Waals surface area contributed by atoms with Crippen LogP contribution in [0.25, 0.3) is 5.69 Å². The van der Waals surface area contributed by atoms with Crippen LogP contribution >= 0.6 is 11.6 Å². The van der Waals surface area contributed by atoms with Crippen molar-refractivity contribution in [2.45, 2.75) is 6.18 Å². The van der Waals surface area contributed by atoms with Crippen molar-refractivity contribution in [1.82, 2.24) is 9.78 Å². The average molecular weight is 275 g/mol. The van der Waals surface area contributed by atoms with Gasteiger partial charge in [0.2, 0.25) is 0 Å². The van der Waals surface area contributed by atoms with Crippen molar-refractivity contribution in [2.75, 3.05) is 0 Å². The molecule has 2 rings (SSSR count). The van der Waals surface area contributed by atoms with Gasteiger partial charge in [0.1, 0.15) is 0 Å². The van der Waals surface area contributed by atoms with Crippen molar-refractivity contribution in [3.8, 4) is 5.69 Å². The van der Waals surface area contributed by atoms with Crippen LogP contribution in [0.5, 0.6) is 0 Å². The first-order valence-corrected chi connectivity index (χ1v) is 5.17. The van der Waals surface area contributed by atoms with Gasteiger partial charge < -0.3 is 0 Å². The molecule has 1 aromatic heterocycles. The molecule has 0 bridgehead atoms. The monoisotopic (exact) mass is 274 g/mol. The van der Waals surface area contributed by atoms with Gasteiger partial charge >= 0.3 is 6.18 Å². The van der Waals surface area contributed by atoms with Gasteiger partial charge in [-0.3, -0.25) is 4.79 Å². The standard InChI is InChI=1S/C11H6ClF3N2O/c12-8-2-1-7(6-18)9(5-8)17-4-3-10(16-17)11(13,14)15/h1-6H. The highest BCUT2D eigenvalue weighted by Gasteiger charge is 2.33. The second-order valence-electron chi connectivity index (χ2n) is 3.46. The van der Waals surface area contributed by atoms with Gasteiger partial charge in [-0.25, -0.2) is 4.68 Å². The lowest BCUT2D eigenvalue weighted by Crippen LogP contribution is -2.08. The van der Waals surface area contributed by atoms with E-state index in [1.807, 2.05) is 0 Å². The van der Waals surface area contributed by atoms with Crippen LogP contribution in [0.3, 0.4) is 0 Å². The molecule has 1 aromatic carbocycles. The third-order valence-electron chi connectivity index (χ3n) is 2.25. The van der Waals surface area contributed by atoms with Gasteiger partial charge in [-0.1, -0.05) is 11.6 Å². The molecular formula is C11H6ClF3N2O. The Kier molecular flexibility index (Phi) is 3.13. The second-order valence-corrected chi connectivity index (χ2v) is 3.90. The molecule has 1 heterocycles. The van der Waals surface area contributed by atoms with E-state index in [4.69, 9.17) is 11.6 Å². The number of halogens is 4. The maximum Gasteiger partial charge on any atom is 0.435 e. The van der Waals surface area contributed by atoms with E-state index < -0.39 is 11.9 Å². The summed E-state index contributed by atoms with van der Waals surface area (Å²) < 4.78 is 38.2. The predicted molar refractivity (Wildman–Crippen MR) is 59.0 cm³/mol. The maximum absolute atomic E-state index is 12.4. The van der Waals surface area contributed by atoms with Crippen molar-refractivity contribution in [3.05, 3.63) is 46.7 Å². The summed E-state index contributed by atoms with van der Waals surface area (Å²) in [6.45, 7) is 0. The van der Waals surface area contributed by atoms with Crippen LogP contribution in [0.4, 0.5) is 13.2 Å². The van der Waals surface area contributed by atoms with E-state index in [1.54, 1.807) is 0 Å². The highest BCUT2D eigenvalue weighted by atomic mass is 35.5. The highest BCUT2D eigenvalue weighted by Crippen LogP contribution is 2.28. The Balaban J connectivity index is 2.52. The first-order valence-electron chi connectivity index (χ1n) is 4.80. The zero-order valence-corrected chi connectivity index (χ0v) is 9.53. The molecule has 94 valence electrons. The minimum Gasteiger partial charge on any atom is -0.298 e. The number of hydrogen-bond donors (Lipinski definition) is 0. The Morgan fingerprint density at radius 3 is 2.56 bits per heavy atom. The highest BCUT2D eigenvalue weighted by molar-refractivity contribution is 6.30. The van der Waals surface area contributed by atoms with E-state index in [0.29, 0.717) is 11.3 Å². The Morgan fingerprint density at radius 2 is 2.00 bits per heavy atom. The smallest absolute Gasteiger partial charge is 0.298 e. The molecule has 7 heteroatoms. The predicted octanol–water partition coefficient (Wildman–Crippen LogP) is 3.36. The largest absolute Gasteiger partial charge is 0.435 e. The van der Waals surface area contributed by atoms with Gasteiger partial charge in [0, 0.05) is 16.8 Å². The van der Waals surface area contributed by atoms with E-state index in [1.165, 1.54) is 18.2 Å². The molecule has 0 saturated heterocycles. The van der Waals surface area contributed by atoms with Gasteiger partial charge in [-0.15, -0.1) is 0 Å². The van der Waals surface area contributed by atoms with Crippen molar-refractivity contribution < 1.29 is 18.0 Å². The van der Waals surface area contributed by atoms with E-state index in [-0.39, 0.29) is 11.3 Å². The van der Waals surface area contributed by atoms with Crippen molar-refractivity contribution in [1.29, 1.82) is 0 Å².